The van der Waals surface area contributed by atoms with Crippen molar-refractivity contribution in [3.8, 4) is 0 Å². The number of rotatable bonds is 57. The van der Waals surface area contributed by atoms with Crippen LogP contribution in [0.1, 0.15) is 277 Å². The molecule has 0 spiro atoms. The third-order valence-corrected chi connectivity index (χ3v) is 14.4. The Morgan fingerprint density at radius 1 is 0.427 bits per heavy atom. The number of carbonyl (C=O) groups is 2. The quantitative estimate of drug-likeness (QED) is 0.0195. The number of quaternary nitrogens is 1. The standard InChI is InChI=1S/C65H118NO8P/c1-6-8-10-12-14-16-18-20-22-24-25-26-27-28-29-30-31-32-33-34-35-36-37-38-39-40-41-42-44-46-48-50-52-54-56-58-65(68)74-63(62-73-75(69,70)72-60-59-66(3,4)5)61-71-64(67)57-55-53-51-49-47-45-43-23-21-19-17-15-13-11-9-7-2/h8,10,14,16,20,22-23,25-26,28-29,43,63H,6-7,9,11-13,15,17-19,21,24,27,30-42,44-62H2,1-5H3/b10-8-,16-14-,22-20-,26-25-,29-28-,43-23-. The molecule has 2 atom stereocenters. The van der Waals surface area contributed by atoms with Crippen molar-refractivity contribution in [1.82, 2.24) is 0 Å². The van der Waals surface area contributed by atoms with Crippen LogP contribution in [-0.2, 0) is 32.7 Å². The van der Waals surface area contributed by atoms with E-state index in [1.165, 1.54) is 154 Å². The number of hydrogen-bond donors (Lipinski definition) is 0. The van der Waals surface area contributed by atoms with Crippen LogP contribution in [0.2, 0.25) is 0 Å². The molecule has 2 unspecified atom stereocenters. The number of nitrogens with zero attached hydrogens (tertiary/aromatic N) is 1. The van der Waals surface area contributed by atoms with E-state index in [1.54, 1.807) is 0 Å². The van der Waals surface area contributed by atoms with E-state index in [9.17, 15) is 19.0 Å². The van der Waals surface area contributed by atoms with Crippen LogP contribution < -0.4 is 4.89 Å². The van der Waals surface area contributed by atoms with E-state index in [4.69, 9.17) is 18.5 Å². The largest absolute Gasteiger partial charge is 0.756 e. The fourth-order valence-electron chi connectivity index (χ4n) is 8.68. The van der Waals surface area contributed by atoms with E-state index in [2.05, 4.69) is 86.8 Å². The summed E-state index contributed by atoms with van der Waals surface area (Å²) in [5.74, 6) is -0.834. The van der Waals surface area contributed by atoms with Crippen LogP contribution in [0.25, 0.3) is 0 Å². The summed E-state index contributed by atoms with van der Waals surface area (Å²) in [5.41, 5.74) is 0. The van der Waals surface area contributed by atoms with E-state index in [-0.39, 0.29) is 32.0 Å². The van der Waals surface area contributed by atoms with Gasteiger partial charge in [-0.05, 0) is 83.5 Å². The molecule has 0 saturated carbocycles. The highest BCUT2D eigenvalue weighted by atomic mass is 31.2. The van der Waals surface area contributed by atoms with Gasteiger partial charge >= 0.3 is 11.9 Å². The van der Waals surface area contributed by atoms with Crippen molar-refractivity contribution in [2.75, 3.05) is 47.5 Å². The highest BCUT2D eigenvalue weighted by Crippen LogP contribution is 2.38. The maximum Gasteiger partial charge on any atom is 0.306 e. The Bertz CT molecular complexity index is 1500. The van der Waals surface area contributed by atoms with Crippen LogP contribution in [0.4, 0.5) is 0 Å². The molecule has 10 heteroatoms. The van der Waals surface area contributed by atoms with Crippen molar-refractivity contribution in [2.45, 2.75) is 283 Å². The molecule has 0 amide bonds. The van der Waals surface area contributed by atoms with E-state index in [0.29, 0.717) is 17.4 Å². The molecule has 436 valence electrons. The van der Waals surface area contributed by atoms with Gasteiger partial charge in [0, 0.05) is 12.8 Å². The molecule has 0 aromatic rings. The minimum atomic E-state index is -4.64. The summed E-state index contributed by atoms with van der Waals surface area (Å²) in [6, 6.07) is 0. The first-order valence-corrected chi connectivity index (χ1v) is 32.6. The van der Waals surface area contributed by atoms with Crippen LogP contribution in [0.5, 0.6) is 0 Å². The minimum Gasteiger partial charge on any atom is -0.756 e. The molecule has 0 rings (SSSR count). The van der Waals surface area contributed by atoms with E-state index in [1.807, 2.05) is 21.1 Å². The summed E-state index contributed by atoms with van der Waals surface area (Å²) in [6.07, 6.45) is 74.0. The third kappa shape index (κ3) is 60.5. The first-order chi connectivity index (χ1) is 36.5. The maximum atomic E-state index is 12.8. The number of ether oxygens (including phenoxy) is 2. The second-order valence-corrected chi connectivity index (χ2v) is 23.4. The minimum absolute atomic E-state index is 0.0322. The monoisotopic (exact) mass is 1070 g/mol. The fraction of sp³-hybridized carbons (Fsp3) is 0.785. The van der Waals surface area contributed by atoms with Crippen LogP contribution in [-0.4, -0.2) is 70.0 Å². The van der Waals surface area contributed by atoms with Gasteiger partial charge in [-0.1, -0.05) is 254 Å². The van der Waals surface area contributed by atoms with Gasteiger partial charge in [0.05, 0.1) is 27.7 Å². The Morgan fingerprint density at radius 3 is 1.15 bits per heavy atom. The summed E-state index contributed by atoms with van der Waals surface area (Å²) < 4.78 is 34.2. The predicted octanol–water partition coefficient (Wildman–Crippen LogP) is 19.0. The molecule has 0 bridgehead atoms. The molecule has 0 heterocycles. The molecule has 0 N–H and O–H groups in total. The molecule has 0 saturated heterocycles. The van der Waals surface area contributed by atoms with Crippen LogP contribution in [0.3, 0.4) is 0 Å². The van der Waals surface area contributed by atoms with Crippen molar-refractivity contribution in [1.29, 1.82) is 0 Å². The molecular weight excluding hydrogens is 954 g/mol. The molecule has 0 aromatic carbocycles. The lowest BCUT2D eigenvalue weighted by Crippen LogP contribution is -2.37. The second kappa shape index (κ2) is 56.2. The Labute approximate surface area is 463 Å². The number of unbranched alkanes of at least 4 members (excludes halogenated alkanes) is 31. The number of carbonyl (C=O) groups excluding carboxylic acids is 2. The van der Waals surface area contributed by atoms with Crippen molar-refractivity contribution in [2.24, 2.45) is 0 Å². The van der Waals surface area contributed by atoms with Gasteiger partial charge in [-0.3, -0.25) is 14.2 Å². The van der Waals surface area contributed by atoms with Gasteiger partial charge in [0.1, 0.15) is 19.8 Å². The summed E-state index contributed by atoms with van der Waals surface area (Å²) in [7, 11) is 1.17. The molecule has 0 aliphatic carbocycles. The van der Waals surface area contributed by atoms with Gasteiger partial charge in [-0.2, -0.15) is 0 Å². The average Bonchev–Trinajstić information content (AvgIpc) is 3.37. The van der Waals surface area contributed by atoms with Crippen LogP contribution in [0.15, 0.2) is 72.9 Å². The van der Waals surface area contributed by atoms with Gasteiger partial charge in [-0.15, -0.1) is 0 Å². The first kappa shape index (κ1) is 72.5. The summed E-state index contributed by atoms with van der Waals surface area (Å²) >= 11 is 0. The van der Waals surface area contributed by atoms with Crippen molar-refractivity contribution < 1.29 is 42.1 Å². The summed E-state index contributed by atoms with van der Waals surface area (Å²) in [4.78, 5) is 37.9. The van der Waals surface area contributed by atoms with Gasteiger partial charge in [0.25, 0.3) is 7.82 Å². The summed E-state index contributed by atoms with van der Waals surface area (Å²) in [5, 5.41) is 0. The average molecular weight is 1070 g/mol. The molecule has 0 aliphatic heterocycles. The van der Waals surface area contributed by atoms with E-state index in [0.717, 1.165) is 89.9 Å². The Morgan fingerprint density at radius 2 is 0.760 bits per heavy atom. The zero-order valence-electron chi connectivity index (χ0n) is 49.5. The SMILES string of the molecule is CC/C=C\C/C=C\C/C=C\C/C=C\C/C=C\CCCCCCCCCCCCCCCCCCCCCC(=O)OC(COC(=O)CCCCCCC/C=C\CCCCCCCCC)COP(=O)([O-])OCC[N+](C)(C)C. The molecule has 0 aliphatic rings. The first-order valence-electron chi connectivity index (χ1n) is 31.1. The topological polar surface area (TPSA) is 111 Å². The molecule has 0 fully saturated rings. The second-order valence-electron chi connectivity index (χ2n) is 22.0. The van der Waals surface area contributed by atoms with Crippen molar-refractivity contribution in [3.05, 3.63) is 72.9 Å². The molecule has 0 radical (unpaired) electrons. The van der Waals surface area contributed by atoms with Gasteiger partial charge in [0.2, 0.25) is 0 Å². The molecule has 75 heavy (non-hydrogen) atoms. The third-order valence-electron chi connectivity index (χ3n) is 13.5. The number of esters is 2. The Balaban J connectivity index is 4.01. The lowest BCUT2D eigenvalue weighted by atomic mass is 10.0. The highest BCUT2D eigenvalue weighted by Gasteiger charge is 2.22. The molecular formula is C65H118NO8P. The van der Waals surface area contributed by atoms with E-state index < -0.39 is 26.5 Å². The maximum absolute atomic E-state index is 12.8. The van der Waals surface area contributed by atoms with Gasteiger partial charge in [0.15, 0.2) is 6.10 Å². The highest BCUT2D eigenvalue weighted by molar-refractivity contribution is 7.45. The molecule has 0 aromatic heterocycles. The van der Waals surface area contributed by atoms with Crippen molar-refractivity contribution in [3.63, 3.8) is 0 Å². The fourth-order valence-corrected chi connectivity index (χ4v) is 9.41. The van der Waals surface area contributed by atoms with Gasteiger partial charge < -0.3 is 27.9 Å². The summed E-state index contributed by atoms with van der Waals surface area (Å²) in [6.45, 7) is 4.14. The lowest BCUT2D eigenvalue weighted by Gasteiger charge is -2.28. The number of hydrogen-bond acceptors (Lipinski definition) is 8. The molecule has 9 nitrogen and oxygen atoms in total. The number of phosphoric acid groups is 1. The van der Waals surface area contributed by atoms with E-state index >= 15 is 0 Å². The van der Waals surface area contributed by atoms with Crippen molar-refractivity contribution >= 4 is 19.8 Å². The zero-order chi connectivity index (χ0) is 54.9. The smallest absolute Gasteiger partial charge is 0.306 e. The number of phosphoric ester groups is 1. The Hall–Kier alpha value is -2.55. The number of likely N-dealkylation sites (N-methyl/N-ethyl adjacent to an activating group) is 1. The lowest BCUT2D eigenvalue weighted by molar-refractivity contribution is -0.870. The van der Waals surface area contributed by atoms with Crippen LogP contribution >= 0.6 is 7.82 Å². The Kier molecular flexibility index (Phi) is 54.3. The van der Waals surface area contributed by atoms with Crippen LogP contribution in [0, 0.1) is 0 Å². The van der Waals surface area contributed by atoms with Gasteiger partial charge in [-0.25, -0.2) is 0 Å². The predicted molar refractivity (Wildman–Crippen MR) is 319 cm³/mol. The number of allylic oxidation sites excluding steroid dienone is 12. The zero-order valence-corrected chi connectivity index (χ0v) is 50.4. The normalized spacial score (nSPS) is 13.7.